The number of rotatable bonds is 0. The topological polar surface area (TPSA) is 46.2 Å². The van der Waals surface area contributed by atoms with Crippen molar-refractivity contribution in [2.24, 2.45) is 0 Å². The van der Waals surface area contributed by atoms with Crippen molar-refractivity contribution in [3.8, 4) is 0 Å². The summed E-state index contributed by atoms with van der Waals surface area (Å²) >= 11 is 0. The maximum Gasteiger partial charge on any atom is 0.226 e. The molecule has 0 radical (unpaired) electrons. The van der Waals surface area contributed by atoms with Crippen molar-refractivity contribution >= 4 is 11.8 Å². The quantitative estimate of drug-likeness (QED) is 0.417. The molecule has 1 rings (SSSR count). The Morgan fingerprint density at radius 2 is 0.800 bits per heavy atom. The average Bonchev–Trinajstić information content (AvgIpc) is 2.59. The summed E-state index contributed by atoms with van der Waals surface area (Å²) in [6, 6.07) is 0. The summed E-state index contributed by atoms with van der Waals surface area (Å²) in [7, 11) is 0. The van der Waals surface area contributed by atoms with E-state index in [0.717, 1.165) is 25.7 Å². The second-order valence-electron chi connectivity index (χ2n) is 7.47. The number of imide groups is 1. The van der Waals surface area contributed by atoms with Crippen LogP contribution in [-0.4, -0.2) is 11.8 Å². The predicted octanol–water partition coefficient (Wildman–Crippen LogP) is 6.22. The minimum atomic E-state index is -0.0914. The van der Waals surface area contributed by atoms with Gasteiger partial charge in [0.2, 0.25) is 11.8 Å². The van der Waals surface area contributed by atoms with E-state index >= 15 is 0 Å². The predicted molar refractivity (Wildman–Crippen MR) is 105 cm³/mol. The first kappa shape index (κ1) is 21.9. The third-order valence-corrected chi connectivity index (χ3v) is 4.99. The van der Waals surface area contributed by atoms with E-state index in [0.29, 0.717) is 12.8 Å². The van der Waals surface area contributed by atoms with Crippen LogP contribution >= 0.6 is 0 Å². The lowest BCUT2D eigenvalue weighted by Gasteiger charge is -2.05. The molecule has 2 amide bonds. The zero-order valence-electron chi connectivity index (χ0n) is 16.2. The van der Waals surface area contributed by atoms with Gasteiger partial charge in [0, 0.05) is 12.8 Å². The largest absolute Gasteiger partial charge is 0.296 e. The van der Waals surface area contributed by atoms with Gasteiger partial charge in [-0.1, -0.05) is 76.4 Å². The van der Waals surface area contributed by atoms with Crippen LogP contribution in [0.1, 0.15) is 116 Å². The fourth-order valence-corrected chi connectivity index (χ4v) is 3.38. The fraction of sp³-hybridized carbons (Fsp3) is 0.818. The highest BCUT2D eigenvalue weighted by atomic mass is 16.2. The second-order valence-corrected chi connectivity index (χ2v) is 7.47. The van der Waals surface area contributed by atoms with Crippen LogP contribution in [0.5, 0.6) is 0 Å². The van der Waals surface area contributed by atoms with Crippen LogP contribution < -0.4 is 5.32 Å². The monoisotopic (exact) mass is 349 g/mol. The van der Waals surface area contributed by atoms with Gasteiger partial charge in [0.15, 0.2) is 0 Å². The van der Waals surface area contributed by atoms with Crippen molar-refractivity contribution in [2.45, 2.75) is 116 Å². The molecule has 0 unspecified atom stereocenters. The number of hydrogen-bond donors (Lipinski definition) is 1. The van der Waals surface area contributed by atoms with Gasteiger partial charge < -0.3 is 0 Å². The summed E-state index contributed by atoms with van der Waals surface area (Å²) in [6.45, 7) is 0. The molecule has 1 N–H and O–H groups in total. The van der Waals surface area contributed by atoms with Crippen LogP contribution in [0.3, 0.4) is 0 Å². The van der Waals surface area contributed by atoms with Gasteiger partial charge in [-0.25, -0.2) is 0 Å². The van der Waals surface area contributed by atoms with Crippen molar-refractivity contribution in [1.82, 2.24) is 5.32 Å². The zero-order valence-corrected chi connectivity index (χ0v) is 16.2. The molecule has 0 bridgehead atoms. The van der Waals surface area contributed by atoms with Gasteiger partial charge >= 0.3 is 0 Å². The Morgan fingerprint density at radius 3 is 1.20 bits per heavy atom. The van der Waals surface area contributed by atoms with Gasteiger partial charge in [-0.2, -0.15) is 0 Å². The molecule has 0 aliphatic carbocycles. The molecule has 0 spiro atoms. The van der Waals surface area contributed by atoms with E-state index in [1.807, 2.05) is 0 Å². The first-order valence-corrected chi connectivity index (χ1v) is 10.8. The van der Waals surface area contributed by atoms with Crippen LogP contribution in [0.25, 0.3) is 0 Å². The number of allylic oxidation sites excluding steroid dienone is 2. The summed E-state index contributed by atoms with van der Waals surface area (Å²) in [6.07, 6.45) is 25.0. The normalized spacial score (nSPS) is 23.5. The number of carbonyl (C=O) groups is 2. The third kappa shape index (κ3) is 14.9. The molecule has 0 fully saturated rings. The number of hydrogen-bond acceptors (Lipinski definition) is 2. The highest BCUT2D eigenvalue weighted by Crippen LogP contribution is 2.12. The maximum atomic E-state index is 11.7. The van der Waals surface area contributed by atoms with Crippen molar-refractivity contribution in [2.75, 3.05) is 0 Å². The first-order valence-electron chi connectivity index (χ1n) is 10.8. The lowest BCUT2D eigenvalue weighted by molar-refractivity contribution is -0.130. The summed E-state index contributed by atoms with van der Waals surface area (Å²) in [5.41, 5.74) is 0. The van der Waals surface area contributed by atoms with Crippen LogP contribution in [0.2, 0.25) is 0 Å². The molecule has 0 atom stereocenters. The van der Waals surface area contributed by atoms with Crippen molar-refractivity contribution in [1.29, 1.82) is 0 Å². The van der Waals surface area contributed by atoms with Crippen molar-refractivity contribution in [3.63, 3.8) is 0 Å². The van der Waals surface area contributed by atoms with Gasteiger partial charge in [0.1, 0.15) is 0 Å². The molecule has 144 valence electrons. The fourth-order valence-electron chi connectivity index (χ4n) is 3.38. The highest BCUT2D eigenvalue weighted by Gasteiger charge is 2.07. The molecule has 3 heteroatoms. The van der Waals surface area contributed by atoms with Gasteiger partial charge in [-0.3, -0.25) is 14.9 Å². The SMILES string of the molecule is O=C1CCCCCCC/C=C\CCCCCCCCCCCC(=O)N1. The van der Waals surface area contributed by atoms with E-state index < -0.39 is 0 Å². The Balaban J connectivity index is 2.21. The Bertz CT molecular complexity index is 376. The van der Waals surface area contributed by atoms with E-state index in [1.54, 1.807) is 0 Å². The Morgan fingerprint density at radius 1 is 0.480 bits per heavy atom. The molecule has 1 heterocycles. The molecule has 0 saturated carbocycles. The molecule has 25 heavy (non-hydrogen) atoms. The van der Waals surface area contributed by atoms with Gasteiger partial charge in [-0.15, -0.1) is 0 Å². The van der Waals surface area contributed by atoms with Crippen LogP contribution in [0.4, 0.5) is 0 Å². The molecule has 0 aromatic carbocycles. The molecule has 0 aromatic heterocycles. The van der Waals surface area contributed by atoms with E-state index in [2.05, 4.69) is 17.5 Å². The standard InChI is InChI=1S/C22H39NO2/c24-21-19-17-15-13-11-9-7-5-3-1-2-4-6-8-10-12-14-16-18-20-22(25)23-21/h3,5H,1-2,4,6-20H2,(H,23,24,25)/b5-3-. The molecule has 1 aliphatic heterocycles. The van der Waals surface area contributed by atoms with E-state index in [9.17, 15) is 9.59 Å². The molecule has 0 saturated heterocycles. The highest BCUT2D eigenvalue weighted by molar-refractivity contribution is 5.95. The Labute approximate surface area is 155 Å². The van der Waals surface area contributed by atoms with Crippen LogP contribution in [0.15, 0.2) is 12.2 Å². The lowest BCUT2D eigenvalue weighted by atomic mass is 10.1. The van der Waals surface area contributed by atoms with Gasteiger partial charge in [-0.05, 0) is 38.5 Å². The summed E-state index contributed by atoms with van der Waals surface area (Å²) in [5.74, 6) is -0.179. The molecule has 0 aromatic rings. The number of carbonyl (C=O) groups excluding carboxylic acids is 2. The minimum Gasteiger partial charge on any atom is -0.296 e. The van der Waals surface area contributed by atoms with Crippen LogP contribution in [0, 0.1) is 0 Å². The molecule has 1 aliphatic rings. The third-order valence-electron chi connectivity index (χ3n) is 4.99. The van der Waals surface area contributed by atoms with E-state index in [-0.39, 0.29) is 11.8 Å². The molecular weight excluding hydrogens is 310 g/mol. The maximum absolute atomic E-state index is 11.7. The first-order chi connectivity index (χ1) is 12.3. The van der Waals surface area contributed by atoms with Gasteiger partial charge in [0.05, 0.1) is 0 Å². The van der Waals surface area contributed by atoms with Crippen molar-refractivity contribution < 1.29 is 9.59 Å². The van der Waals surface area contributed by atoms with Crippen LogP contribution in [-0.2, 0) is 9.59 Å². The Kier molecular flexibility index (Phi) is 14.3. The Hall–Kier alpha value is -1.12. The summed E-state index contributed by atoms with van der Waals surface area (Å²) in [5, 5.41) is 2.54. The summed E-state index contributed by atoms with van der Waals surface area (Å²) < 4.78 is 0. The van der Waals surface area contributed by atoms with E-state index in [4.69, 9.17) is 0 Å². The minimum absolute atomic E-state index is 0.0878. The van der Waals surface area contributed by atoms with E-state index in [1.165, 1.54) is 77.0 Å². The number of nitrogens with one attached hydrogen (secondary N) is 1. The smallest absolute Gasteiger partial charge is 0.226 e. The molecular formula is C22H39NO2. The van der Waals surface area contributed by atoms with Crippen molar-refractivity contribution in [3.05, 3.63) is 12.2 Å². The number of amides is 2. The van der Waals surface area contributed by atoms with Gasteiger partial charge in [0.25, 0.3) is 0 Å². The lowest BCUT2D eigenvalue weighted by Crippen LogP contribution is -2.29. The zero-order chi connectivity index (χ0) is 18.0. The average molecular weight is 350 g/mol. The molecule has 3 nitrogen and oxygen atoms in total. The summed E-state index contributed by atoms with van der Waals surface area (Å²) in [4.78, 5) is 23.5. The second kappa shape index (κ2) is 16.4.